The molecule has 2 aromatic carbocycles. The Hall–Kier alpha value is -2.90. The van der Waals surface area contributed by atoms with Crippen molar-refractivity contribution in [2.75, 3.05) is 29.6 Å². The van der Waals surface area contributed by atoms with Crippen LogP contribution < -0.4 is 15.5 Å². The summed E-state index contributed by atoms with van der Waals surface area (Å²) < 4.78 is 0. The molecule has 0 radical (unpaired) electrons. The predicted octanol–water partition coefficient (Wildman–Crippen LogP) is 4.69. The summed E-state index contributed by atoms with van der Waals surface area (Å²) in [5, 5.41) is 8.56. The minimum atomic E-state index is -0.249. The molecule has 0 fully saturated rings. The van der Waals surface area contributed by atoms with Gasteiger partial charge in [0.2, 0.25) is 5.91 Å². The third kappa shape index (κ3) is 6.04. The number of benzene rings is 2. The van der Waals surface area contributed by atoms with E-state index in [0.29, 0.717) is 28.6 Å². The molecule has 1 heterocycles. The lowest BCUT2D eigenvalue weighted by molar-refractivity contribution is -0.116. The van der Waals surface area contributed by atoms with Crippen LogP contribution in [-0.2, 0) is 11.2 Å². The Morgan fingerprint density at radius 2 is 1.72 bits per heavy atom. The highest BCUT2D eigenvalue weighted by Crippen LogP contribution is 2.19. The molecule has 6 nitrogen and oxygen atoms in total. The minimum Gasteiger partial charge on any atom is -0.378 e. The summed E-state index contributed by atoms with van der Waals surface area (Å²) in [5.41, 5.74) is 3.10. The predicted molar refractivity (Wildman–Crippen MR) is 119 cm³/mol. The van der Waals surface area contributed by atoms with Crippen molar-refractivity contribution in [2.45, 2.75) is 12.8 Å². The molecule has 1 aromatic heterocycles. The van der Waals surface area contributed by atoms with Crippen LogP contribution in [0.5, 0.6) is 0 Å². The second-order valence-corrected chi connectivity index (χ2v) is 7.89. The smallest absolute Gasteiger partial charge is 0.257 e. The molecule has 0 atom stereocenters. The Labute approximate surface area is 178 Å². The largest absolute Gasteiger partial charge is 0.378 e. The number of amides is 2. The van der Waals surface area contributed by atoms with E-state index >= 15 is 0 Å². The third-order valence-electron chi connectivity index (χ3n) is 4.15. The summed E-state index contributed by atoms with van der Waals surface area (Å²) in [6, 6.07) is 14.3. The fraction of sp³-hybridized carbons (Fsp3) is 0.190. The molecule has 3 aromatic rings. The highest BCUT2D eigenvalue weighted by atomic mass is 35.5. The number of rotatable bonds is 7. The SMILES string of the molecule is CN(C)c1ccc(NC(=O)CCc2csc(NC(=O)c3ccc(Cl)cc3)n2)cc1. The van der Waals surface area contributed by atoms with Gasteiger partial charge in [0.1, 0.15) is 0 Å². The number of anilines is 3. The number of thiazole rings is 1. The van der Waals surface area contributed by atoms with Gasteiger partial charge in [-0.3, -0.25) is 14.9 Å². The topological polar surface area (TPSA) is 74.3 Å². The highest BCUT2D eigenvalue weighted by molar-refractivity contribution is 7.14. The molecule has 0 unspecified atom stereocenters. The Morgan fingerprint density at radius 1 is 1.03 bits per heavy atom. The van der Waals surface area contributed by atoms with E-state index in [2.05, 4.69) is 15.6 Å². The summed E-state index contributed by atoms with van der Waals surface area (Å²) in [7, 11) is 3.93. The number of aryl methyl sites for hydroxylation is 1. The normalized spacial score (nSPS) is 10.4. The number of carbonyl (C=O) groups excluding carboxylic acids is 2. The van der Waals surface area contributed by atoms with Crippen molar-refractivity contribution in [1.82, 2.24) is 4.98 Å². The van der Waals surface area contributed by atoms with Crippen LogP contribution in [0.3, 0.4) is 0 Å². The Morgan fingerprint density at radius 3 is 2.38 bits per heavy atom. The number of hydrogen-bond acceptors (Lipinski definition) is 5. The van der Waals surface area contributed by atoms with Crippen molar-refractivity contribution in [3.8, 4) is 0 Å². The lowest BCUT2D eigenvalue weighted by Crippen LogP contribution is -2.13. The van der Waals surface area contributed by atoms with Gasteiger partial charge >= 0.3 is 0 Å². The van der Waals surface area contributed by atoms with Crippen LogP contribution in [0.15, 0.2) is 53.9 Å². The van der Waals surface area contributed by atoms with Gasteiger partial charge in [0, 0.05) is 47.9 Å². The lowest BCUT2D eigenvalue weighted by atomic mass is 10.2. The maximum absolute atomic E-state index is 12.2. The van der Waals surface area contributed by atoms with Crippen molar-refractivity contribution in [2.24, 2.45) is 0 Å². The first kappa shape index (κ1) is 20.8. The molecule has 8 heteroatoms. The number of hydrogen-bond donors (Lipinski definition) is 2. The van der Waals surface area contributed by atoms with Crippen molar-refractivity contribution in [1.29, 1.82) is 0 Å². The number of nitrogens with one attached hydrogen (secondary N) is 2. The van der Waals surface area contributed by atoms with Crippen LogP contribution >= 0.6 is 22.9 Å². The Kier molecular flexibility index (Phi) is 6.85. The van der Waals surface area contributed by atoms with Gasteiger partial charge in [-0.2, -0.15) is 0 Å². The van der Waals surface area contributed by atoms with Gasteiger partial charge in [-0.05, 0) is 55.0 Å². The van der Waals surface area contributed by atoms with E-state index in [0.717, 1.165) is 17.1 Å². The molecule has 2 N–H and O–H groups in total. The van der Waals surface area contributed by atoms with Crippen LogP contribution in [0, 0.1) is 0 Å². The molecule has 2 amide bonds. The monoisotopic (exact) mass is 428 g/mol. The van der Waals surface area contributed by atoms with Crippen LogP contribution in [0.1, 0.15) is 22.5 Å². The lowest BCUT2D eigenvalue weighted by Gasteiger charge is -2.13. The van der Waals surface area contributed by atoms with Crippen molar-refractivity contribution in [3.63, 3.8) is 0 Å². The van der Waals surface area contributed by atoms with Crippen molar-refractivity contribution >= 4 is 51.3 Å². The summed E-state index contributed by atoms with van der Waals surface area (Å²) in [6.07, 6.45) is 0.804. The quantitative estimate of drug-likeness (QED) is 0.572. The first-order chi connectivity index (χ1) is 13.9. The van der Waals surface area contributed by atoms with Crippen LogP contribution in [0.4, 0.5) is 16.5 Å². The van der Waals surface area contributed by atoms with E-state index < -0.39 is 0 Å². The molecule has 0 saturated carbocycles. The van der Waals surface area contributed by atoms with Gasteiger partial charge in [-0.1, -0.05) is 11.6 Å². The average molecular weight is 429 g/mol. The molecular formula is C21H21ClN4O2S. The molecule has 3 rings (SSSR count). The Balaban J connectivity index is 1.49. The Bertz CT molecular complexity index is 985. The number of carbonyl (C=O) groups is 2. The molecular weight excluding hydrogens is 408 g/mol. The highest BCUT2D eigenvalue weighted by Gasteiger charge is 2.10. The first-order valence-electron chi connectivity index (χ1n) is 8.99. The molecule has 0 aliphatic carbocycles. The fourth-order valence-electron chi connectivity index (χ4n) is 2.56. The second kappa shape index (κ2) is 9.54. The molecule has 29 heavy (non-hydrogen) atoms. The van der Waals surface area contributed by atoms with Gasteiger partial charge in [0.05, 0.1) is 5.69 Å². The first-order valence-corrected chi connectivity index (χ1v) is 10.2. The van der Waals surface area contributed by atoms with E-state index in [9.17, 15) is 9.59 Å². The zero-order valence-electron chi connectivity index (χ0n) is 16.1. The van der Waals surface area contributed by atoms with Gasteiger partial charge in [-0.25, -0.2) is 4.98 Å². The molecule has 0 saturated heterocycles. The second-order valence-electron chi connectivity index (χ2n) is 6.59. The molecule has 0 aliphatic rings. The maximum atomic E-state index is 12.2. The summed E-state index contributed by atoms with van der Waals surface area (Å²) in [4.78, 5) is 30.8. The summed E-state index contributed by atoms with van der Waals surface area (Å²) in [6.45, 7) is 0. The molecule has 0 spiro atoms. The van der Waals surface area contributed by atoms with Crippen LogP contribution in [0.25, 0.3) is 0 Å². The van der Waals surface area contributed by atoms with Crippen molar-refractivity contribution in [3.05, 3.63) is 70.2 Å². The number of halogens is 1. The van der Waals surface area contributed by atoms with Gasteiger partial charge < -0.3 is 10.2 Å². The van der Waals surface area contributed by atoms with Crippen molar-refractivity contribution < 1.29 is 9.59 Å². The number of aromatic nitrogens is 1. The van der Waals surface area contributed by atoms with Crippen LogP contribution in [-0.4, -0.2) is 30.9 Å². The maximum Gasteiger partial charge on any atom is 0.257 e. The third-order valence-corrected chi connectivity index (χ3v) is 5.21. The number of nitrogens with zero attached hydrogens (tertiary/aromatic N) is 2. The van der Waals surface area contributed by atoms with Gasteiger partial charge in [-0.15, -0.1) is 11.3 Å². The zero-order chi connectivity index (χ0) is 20.8. The van der Waals surface area contributed by atoms with Gasteiger partial charge in [0.15, 0.2) is 5.13 Å². The van der Waals surface area contributed by atoms with E-state index in [1.165, 1.54) is 11.3 Å². The van der Waals surface area contributed by atoms with Crippen LogP contribution in [0.2, 0.25) is 5.02 Å². The van der Waals surface area contributed by atoms with E-state index in [4.69, 9.17) is 11.6 Å². The van der Waals surface area contributed by atoms with Gasteiger partial charge in [0.25, 0.3) is 5.91 Å². The molecule has 0 bridgehead atoms. The van der Waals surface area contributed by atoms with E-state index in [1.807, 2.05) is 48.6 Å². The molecule has 150 valence electrons. The van der Waals surface area contributed by atoms with E-state index in [-0.39, 0.29) is 11.8 Å². The molecule has 0 aliphatic heterocycles. The fourth-order valence-corrected chi connectivity index (χ4v) is 3.42. The minimum absolute atomic E-state index is 0.0812. The summed E-state index contributed by atoms with van der Waals surface area (Å²) in [5.74, 6) is -0.330. The summed E-state index contributed by atoms with van der Waals surface area (Å²) >= 11 is 7.16. The van der Waals surface area contributed by atoms with E-state index in [1.54, 1.807) is 24.3 Å². The zero-order valence-corrected chi connectivity index (χ0v) is 17.7. The standard InChI is InChI=1S/C21H21ClN4O2S/c1-26(2)18-10-7-16(8-11-18)23-19(27)12-9-17-13-29-21(24-17)25-20(28)14-3-5-15(22)6-4-14/h3-8,10-11,13H,9,12H2,1-2H3,(H,23,27)(H,24,25,28). The average Bonchev–Trinajstić information content (AvgIpc) is 3.14.